The number of nitrogens with two attached hydrogens (primary N) is 1. The molecule has 0 aliphatic carbocycles. The number of benzene rings is 1. The van der Waals surface area contributed by atoms with E-state index in [0.29, 0.717) is 33.1 Å². The fourth-order valence-corrected chi connectivity index (χ4v) is 2.13. The summed E-state index contributed by atoms with van der Waals surface area (Å²) < 4.78 is 21.4. The van der Waals surface area contributed by atoms with Crippen LogP contribution in [0, 0.1) is 0 Å². The van der Waals surface area contributed by atoms with Gasteiger partial charge in [0.1, 0.15) is 12.4 Å². The molecule has 8 heteroatoms. The minimum absolute atomic E-state index is 0.271. The van der Waals surface area contributed by atoms with Crippen LogP contribution in [-0.4, -0.2) is 31.5 Å². The van der Waals surface area contributed by atoms with Crippen molar-refractivity contribution in [3.8, 4) is 23.0 Å². The van der Waals surface area contributed by atoms with E-state index in [4.69, 9.17) is 24.7 Å². The van der Waals surface area contributed by atoms with E-state index in [0.717, 1.165) is 0 Å². The molecule has 7 nitrogen and oxygen atoms in total. The Bertz CT molecular complexity index is 563. The van der Waals surface area contributed by atoms with Crippen molar-refractivity contribution in [3.63, 3.8) is 0 Å². The maximum absolute atomic E-state index is 5.63. The summed E-state index contributed by atoms with van der Waals surface area (Å²) in [5.41, 5.74) is 5.51. The van der Waals surface area contributed by atoms with Crippen LogP contribution in [0.5, 0.6) is 23.0 Å². The van der Waals surface area contributed by atoms with Crippen molar-refractivity contribution >= 4 is 16.5 Å². The van der Waals surface area contributed by atoms with Crippen LogP contribution in [0.15, 0.2) is 12.1 Å². The smallest absolute Gasteiger partial charge is 0.203 e. The minimum Gasteiger partial charge on any atom is -0.493 e. The zero-order chi connectivity index (χ0) is 14.5. The lowest BCUT2D eigenvalue weighted by Crippen LogP contribution is -1.99. The highest BCUT2D eigenvalue weighted by molar-refractivity contribution is 7.15. The Balaban J connectivity index is 2.19. The van der Waals surface area contributed by atoms with Gasteiger partial charge in [0.2, 0.25) is 10.9 Å². The zero-order valence-electron chi connectivity index (χ0n) is 11.4. The number of hydrogen-bond acceptors (Lipinski definition) is 8. The van der Waals surface area contributed by atoms with E-state index in [1.807, 2.05) is 0 Å². The summed E-state index contributed by atoms with van der Waals surface area (Å²) in [5, 5.41) is 8.70. The summed E-state index contributed by atoms with van der Waals surface area (Å²) in [4.78, 5) is 0. The fraction of sp³-hybridized carbons (Fsp3) is 0.333. The molecule has 108 valence electrons. The SMILES string of the molecule is COc1cc(OCc2nnc(N)s2)cc(OC)c1OC. The molecular formula is C12H15N3O4S. The first-order valence-corrected chi connectivity index (χ1v) is 6.50. The quantitative estimate of drug-likeness (QED) is 0.868. The highest BCUT2D eigenvalue weighted by atomic mass is 32.1. The second-order valence-electron chi connectivity index (χ2n) is 3.68. The van der Waals surface area contributed by atoms with Gasteiger partial charge in [-0.25, -0.2) is 0 Å². The number of ether oxygens (including phenoxy) is 4. The van der Waals surface area contributed by atoms with Crippen molar-refractivity contribution in [2.75, 3.05) is 27.1 Å². The third kappa shape index (κ3) is 3.02. The van der Waals surface area contributed by atoms with E-state index in [2.05, 4.69) is 10.2 Å². The molecule has 0 saturated carbocycles. The van der Waals surface area contributed by atoms with E-state index >= 15 is 0 Å². The maximum atomic E-state index is 5.63. The topological polar surface area (TPSA) is 88.7 Å². The van der Waals surface area contributed by atoms with Gasteiger partial charge in [-0.3, -0.25) is 0 Å². The van der Waals surface area contributed by atoms with Crippen molar-refractivity contribution in [2.45, 2.75) is 6.61 Å². The average molecular weight is 297 g/mol. The molecule has 0 amide bonds. The largest absolute Gasteiger partial charge is 0.493 e. The van der Waals surface area contributed by atoms with Crippen LogP contribution < -0.4 is 24.7 Å². The molecule has 0 aliphatic rings. The van der Waals surface area contributed by atoms with E-state index in [1.54, 1.807) is 33.5 Å². The number of nitrogens with zero attached hydrogens (tertiary/aromatic N) is 2. The summed E-state index contributed by atoms with van der Waals surface area (Å²) in [6.07, 6.45) is 0. The molecule has 0 radical (unpaired) electrons. The average Bonchev–Trinajstić information content (AvgIpc) is 2.89. The summed E-state index contributed by atoms with van der Waals surface area (Å²) in [6.45, 7) is 0.271. The van der Waals surface area contributed by atoms with Crippen LogP contribution in [-0.2, 0) is 6.61 Å². The Morgan fingerprint density at radius 1 is 1.05 bits per heavy atom. The fourth-order valence-electron chi connectivity index (χ4n) is 1.61. The lowest BCUT2D eigenvalue weighted by atomic mass is 10.2. The lowest BCUT2D eigenvalue weighted by molar-refractivity contribution is 0.290. The summed E-state index contributed by atoms with van der Waals surface area (Å²) in [5.74, 6) is 2.15. The third-order valence-corrected chi connectivity index (χ3v) is 3.21. The molecule has 0 aliphatic heterocycles. The second-order valence-corrected chi connectivity index (χ2v) is 4.78. The first-order valence-electron chi connectivity index (χ1n) is 5.68. The van der Waals surface area contributed by atoms with Crippen molar-refractivity contribution < 1.29 is 18.9 Å². The molecule has 2 N–H and O–H groups in total. The van der Waals surface area contributed by atoms with Crippen LogP contribution in [0.1, 0.15) is 5.01 Å². The van der Waals surface area contributed by atoms with Crippen molar-refractivity contribution in [1.82, 2.24) is 10.2 Å². The molecule has 0 atom stereocenters. The molecule has 0 bridgehead atoms. The Morgan fingerprint density at radius 2 is 1.70 bits per heavy atom. The molecule has 0 spiro atoms. The Labute approximate surface area is 120 Å². The molecule has 0 unspecified atom stereocenters. The first-order chi connectivity index (χ1) is 9.67. The molecule has 0 saturated heterocycles. The highest BCUT2D eigenvalue weighted by Gasteiger charge is 2.14. The van der Waals surface area contributed by atoms with E-state index < -0.39 is 0 Å². The van der Waals surface area contributed by atoms with Gasteiger partial charge in [-0.15, -0.1) is 10.2 Å². The van der Waals surface area contributed by atoms with Crippen molar-refractivity contribution in [2.24, 2.45) is 0 Å². The Kier molecular flexibility index (Phi) is 4.46. The molecule has 1 aromatic carbocycles. The third-order valence-electron chi connectivity index (χ3n) is 2.48. The number of rotatable bonds is 6. The molecule has 1 heterocycles. The van der Waals surface area contributed by atoms with Gasteiger partial charge in [-0.2, -0.15) is 0 Å². The maximum Gasteiger partial charge on any atom is 0.203 e. The number of aromatic nitrogens is 2. The van der Waals surface area contributed by atoms with Crippen molar-refractivity contribution in [3.05, 3.63) is 17.1 Å². The van der Waals surface area contributed by atoms with Crippen LogP contribution in [0.4, 0.5) is 5.13 Å². The van der Waals surface area contributed by atoms with Gasteiger partial charge in [0.25, 0.3) is 0 Å². The number of hydrogen-bond donors (Lipinski definition) is 1. The predicted molar refractivity (Wildman–Crippen MR) is 74.8 cm³/mol. The summed E-state index contributed by atoms with van der Waals surface area (Å²) in [7, 11) is 4.64. The number of anilines is 1. The number of methoxy groups -OCH3 is 3. The van der Waals surface area contributed by atoms with E-state index in [-0.39, 0.29) is 6.61 Å². The summed E-state index contributed by atoms with van der Waals surface area (Å²) in [6, 6.07) is 3.43. The van der Waals surface area contributed by atoms with Gasteiger partial charge >= 0.3 is 0 Å². The predicted octanol–water partition coefficient (Wildman–Crippen LogP) is 1.73. The highest BCUT2D eigenvalue weighted by Crippen LogP contribution is 2.40. The van der Waals surface area contributed by atoms with Crippen LogP contribution in [0.25, 0.3) is 0 Å². The van der Waals surface area contributed by atoms with Gasteiger partial charge in [0.15, 0.2) is 16.5 Å². The molecule has 1 aromatic heterocycles. The van der Waals surface area contributed by atoms with Crippen molar-refractivity contribution in [1.29, 1.82) is 0 Å². The molecule has 2 rings (SSSR count). The van der Waals surface area contributed by atoms with Gasteiger partial charge in [0.05, 0.1) is 21.3 Å². The normalized spacial score (nSPS) is 10.2. The molecular weight excluding hydrogens is 282 g/mol. The number of nitrogen functional groups attached to an aromatic ring is 1. The van der Waals surface area contributed by atoms with Gasteiger partial charge in [-0.05, 0) is 0 Å². The molecule has 0 fully saturated rings. The standard InChI is InChI=1S/C12H15N3O4S/c1-16-8-4-7(5-9(17-2)11(8)18-3)19-6-10-14-15-12(13)20-10/h4-5H,6H2,1-3H3,(H2,13,15). The van der Waals surface area contributed by atoms with Crippen LogP contribution in [0.3, 0.4) is 0 Å². The molecule has 20 heavy (non-hydrogen) atoms. The van der Waals surface area contributed by atoms with E-state index in [9.17, 15) is 0 Å². The first kappa shape index (κ1) is 14.2. The monoisotopic (exact) mass is 297 g/mol. The second kappa shape index (κ2) is 6.29. The van der Waals surface area contributed by atoms with Gasteiger partial charge in [-0.1, -0.05) is 11.3 Å². The van der Waals surface area contributed by atoms with E-state index in [1.165, 1.54) is 11.3 Å². The summed E-state index contributed by atoms with van der Waals surface area (Å²) >= 11 is 1.28. The van der Waals surface area contributed by atoms with Crippen LogP contribution in [0.2, 0.25) is 0 Å². The minimum atomic E-state index is 0.271. The Hall–Kier alpha value is -2.22. The van der Waals surface area contributed by atoms with Crippen LogP contribution >= 0.6 is 11.3 Å². The zero-order valence-corrected chi connectivity index (χ0v) is 12.2. The lowest BCUT2D eigenvalue weighted by Gasteiger charge is -2.14. The molecule has 2 aromatic rings. The van der Waals surface area contributed by atoms with Gasteiger partial charge < -0.3 is 24.7 Å². The Morgan fingerprint density at radius 3 is 2.15 bits per heavy atom. The van der Waals surface area contributed by atoms with Gasteiger partial charge in [0, 0.05) is 12.1 Å².